The van der Waals surface area contributed by atoms with Crippen molar-refractivity contribution in [1.82, 2.24) is 4.98 Å². The Morgan fingerprint density at radius 2 is 1.85 bits per heavy atom. The zero-order valence-electron chi connectivity index (χ0n) is 13.6. The van der Waals surface area contributed by atoms with E-state index in [0.29, 0.717) is 39.4 Å². The molecule has 3 aromatic rings. The van der Waals surface area contributed by atoms with Crippen LogP contribution in [-0.4, -0.2) is 21.8 Å². The van der Waals surface area contributed by atoms with Crippen molar-refractivity contribution in [2.24, 2.45) is 0 Å². The van der Waals surface area contributed by atoms with E-state index in [1.165, 1.54) is 12.2 Å². The largest absolute Gasteiger partial charge is 0.477 e. The van der Waals surface area contributed by atoms with Crippen molar-refractivity contribution in [3.8, 4) is 0 Å². The average molecular weight is 388 g/mol. The lowest BCUT2D eigenvalue weighted by Crippen LogP contribution is -1.99. The maximum absolute atomic E-state index is 12.2. The number of carbonyl (C=O) groups is 2. The van der Waals surface area contributed by atoms with Gasteiger partial charge in [0, 0.05) is 27.9 Å². The molecule has 0 amide bonds. The van der Waals surface area contributed by atoms with Gasteiger partial charge in [-0.05, 0) is 36.3 Å². The zero-order chi connectivity index (χ0) is 18.7. The maximum atomic E-state index is 12.2. The number of aromatic nitrogens is 1. The summed E-state index contributed by atoms with van der Waals surface area (Å²) in [5.74, 6) is -1.23. The smallest absolute Gasteiger partial charge is 0.352 e. The summed E-state index contributed by atoms with van der Waals surface area (Å²) in [6.45, 7) is 0. The van der Waals surface area contributed by atoms with E-state index in [0.717, 1.165) is 5.56 Å². The van der Waals surface area contributed by atoms with Crippen molar-refractivity contribution in [1.29, 1.82) is 0 Å². The minimum Gasteiger partial charge on any atom is -0.477 e. The highest BCUT2D eigenvalue weighted by Crippen LogP contribution is 2.33. The monoisotopic (exact) mass is 387 g/mol. The normalized spacial score (nSPS) is 11.3. The first kappa shape index (κ1) is 18.2. The molecule has 0 saturated carbocycles. The Morgan fingerprint density at radius 1 is 1.12 bits per heavy atom. The van der Waals surface area contributed by atoms with Crippen LogP contribution in [0.3, 0.4) is 0 Å². The molecule has 0 aliphatic rings. The molecule has 0 aliphatic heterocycles. The van der Waals surface area contributed by atoms with Crippen molar-refractivity contribution in [3.63, 3.8) is 0 Å². The molecular formula is C20H15Cl2NO3. The van der Waals surface area contributed by atoms with Crippen LogP contribution in [0.2, 0.25) is 10.0 Å². The first-order valence-electron chi connectivity index (χ1n) is 7.94. The number of aryl methyl sites for hydroxylation is 1. The number of benzene rings is 2. The Bertz CT molecular complexity index is 1010. The maximum Gasteiger partial charge on any atom is 0.352 e. The minimum atomic E-state index is -1.13. The van der Waals surface area contributed by atoms with E-state index in [1.54, 1.807) is 12.1 Å². The second kappa shape index (κ2) is 7.77. The molecule has 1 aromatic heterocycles. The summed E-state index contributed by atoms with van der Waals surface area (Å²) in [5.41, 5.74) is 1.92. The number of rotatable bonds is 6. The lowest BCUT2D eigenvalue weighted by atomic mass is 10.1. The van der Waals surface area contributed by atoms with Gasteiger partial charge >= 0.3 is 5.97 Å². The molecule has 26 heavy (non-hydrogen) atoms. The Morgan fingerprint density at radius 3 is 2.54 bits per heavy atom. The summed E-state index contributed by atoms with van der Waals surface area (Å²) in [4.78, 5) is 26.5. The number of carboxylic acid groups (broad SMARTS) is 1. The number of ketones is 1. The molecule has 2 aromatic carbocycles. The highest BCUT2D eigenvalue weighted by Gasteiger charge is 2.18. The van der Waals surface area contributed by atoms with Crippen molar-refractivity contribution >= 4 is 51.9 Å². The summed E-state index contributed by atoms with van der Waals surface area (Å²) < 4.78 is 0. The zero-order valence-corrected chi connectivity index (χ0v) is 15.1. The van der Waals surface area contributed by atoms with E-state index < -0.39 is 5.97 Å². The fourth-order valence-electron chi connectivity index (χ4n) is 2.78. The highest BCUT2D eigenvalue weighted by molar-refractivity contribution is 6.39. The first-order chi connectivity index (χ1) is 12.5. The highest BCUT2D eigenvalue weighted by atomic mass is 35.5. The fourth-order valence-corrected chi connectivity index (χ4v) is 3.38. The number of aromatic carboxylic acids is 1. The molecule has 1 heterocycles. The molecule has 2 N–H and O–H groups in total. The first-order valence-corrected chi connectivity index (χ1v) is 8.70. The third-order valence-corrected chi connectivity index (χ3v) is 4.52. The Kier molecular flexibility index (Phi) is 5.45. The summed E-state index contributed by atoms with van der Waals surface area (Å²) in [6.07, 6.45) is 3.85. The van der Waals surface area contributed by atoms with Gasteiger partial charge in [0.15, 0.2) is 5.78 Å². The number of allylic oxidation sites excluding steroid dienone is 1. The van der Waals surface area contributed by atoms with Crippen LogP contribution in [0.1, 0.15) is 28.0 Å². The second-order valence-corrected chi connectivity index (χ2v) is 6.66. The van der Waals surface area contributed by atoms with E-state index in [-0.39, 0.29) is 11.5 Å². The van der Waals surface area contributed by atoms with Crippen molar-refractivity contribution in [3.05, 3.63) is 75.4 Å². The molecule has 0 unspecified atom stereocenters. The van der Waals surface area contributed by atoms with Crippen LogP contribution in [0.15, 0.2) is 48.5 Å². The van der Waals surface area contributed by atoms with Crippen LogP contribution < -0.4 is 0 Å². The van der Waals surface area contributed by atoms with Crippen molar-refractivity contribution in [2.75, 3.05) is 0 Å². The molecule has 0 atom stereocenters. The van der Waals surface area contributed by atoms with E-state index in [2.05, 4.69) is 4.98 Å². The van der Waals surface area contributed by atoms with E-state index in [9.17, 15) is 14.7 Å². The number of hydrogen-bond acceptors (Lipinski definition) is 2. The van der Waals surface area contributed by atoms with Crippen LogP contribution in [0.25, 0.3) is 17.0 Å². The standard InChI is InChI=1S/C20H15Cl2NO3/c21-13-10-16(22)18-15(19(20(25)26)23-17(18)11-13)9-8-14(24)7-6-12-4-2-1-3-5-12/h1-5,8-11,23H,6-7H2,(H,25,26)/b9-8+. The molecule has 0 fully saturated rings. The fraction of sp³-hybridized carbons (Fsp3) is 0.100. The molecule has 6 heteroatoms. The van der Waals surface area contributed by atoms with Gasteiger partial charge in [-0.3, -0.25) is 4.79 Å². The van der Waals surface area contributed by atoms with Crippen LogP contribution >= 0.6 is 23.2 Å². The average Bonchev–Trinajstić information content (AvgIpc) is 2.98. The van der Waals surface area contributed by atoms with Crippen molar-refractivity contribution < 1.29 is 14.7 Å². The van der Waals surface area contributed by atoms with Crippen LogP contribution in [-0.2, 0) is 11.2 Å². The molecule has 132 valence electrons. The Balaban J connectivity index is 1.87. The van der Waals surface area contributed by atoms with Crippen molar-refractivity contribution in [2.45, 2.75) is 12.8 Å². The van der Waals surface area contributed by atoms with E-state index in [1.807, 2.05) is 30.3 Å². The van der Waals surface area contributed by atoms with E-state index >= 15 is 0 Å². The molecule has 4 nitrogen and oxygen atoms in total. The number of aromatic amines is 1. The lowest BCUT2D eigenvalue weighted by Gasteiger charge is -2.00. The third-order valence-electron chi connectivity index (χ3n) is 4.01. The number of carboxylic acids is 1. The van der Waals surface area contributed by atoms with Crippen LogP contribution in [0.4, 0.5) is 0 Å². The third kappa shape index (κ3) is 3.98. The SMILES string of the molecule is O=C(/C=C/c1c(C(=O)O)[nH]c2cc(Cl)cc(Cl)c12)CCc1ccccc1. The Labute approximate surface area is 160 Å². The van der Waals surface area contributed by atoms with Gasteiger partial charge in [0.05, 0.1) is 5.02 Å². The van der Waals surface area contributed by atoms with Crippen LogP contribution in [0.5, 0.6) is 0 Å². The lowest BCUT2D eigenvalue weighted by molar-refractivity contribution is -0.114. The summed E-state index contributed by atoms with van der Waals surface area (Å²) in [6, 6.07) is 12.8. The molecular weight excluding hydrogens is 373 g/mol. The van der Waals surface area contributed by atoms with Gasteiger partial charge in [-0.15, -0.1) is 0 Å². The topological polar surface area (TPSA) is 70.2 Å². The van der Waals surface area contributed by atoms with Gasteiger partial charge in [-0.25, -0.2) is 4.79 Å². The van der Waals surface area contributed by atoms with Gasteiger partial charge in [0.1, 0.15) is 5.69 Å². The van der Waals surface area contributed by atoms with Gasteiger partial charge < -0.3 is 10.1 Å². The number of fused-ring (bicyclic) bond motifs is 1. The number of hydrogen-bond donors (Lipinski definition) is 2. The number of halogens is 2. The molecule has 0 aliphatic carbocycles. The quantitative estimate of drug-likeness (QED) is 0.557. The number of nitrogens with one attached hydrogen (secondary N) is 1. The molecule has 0 bridgehead atoms. The molecule has 0 spiro atoms. The predicted molar refractivity (Wildman–Crippen MR) is 104 cm³/mol. The van der Waals surface area contributed by atoms with Gasteiger partial charge in [-0.1, -0.05) is 53.5 Å². The summed E-state index contributed by atoms with van der Waals surface area (Å²) in [5, 5.41) is 10.7. The molecule has 0 radical (unpaired) electrons. The Hall–Kier alpha value is -2.56. The summed E-state index contributed by atoms with van der Waals surface area (Å²) in [7, 11) is 0. The van der Waals surface area contributed by atoms with Crippen LogP contribution in [0, 0.1) is 0 Å². The van der Waals surface area contributed by atoms with Gasteiger partial charge in [-0.2, -0.15) is 0 Å². The molecule has 0 saturated heterocycles. The minimum absolute atomic E-state index is 0.0312. The number of H-pyrrole nitrogens is 1. The van der Waals surface area contributed by atoms with Gasteiger partial charge in [0.25, 0.3) is 0 Å². The number of carbonyl (C=O) groups excluding carboxylic acids is 1. The van der Waals surface area contributed by atoms with E-state index in [4.69, 9.17) is 23.2 Å². The van der Waals surface area contributed by atoms with Gasteiger partial charge in [0.2, 0.25) is 0 Å². The predicted octanol–water partition coefficient (Wildman–Crippen LogP) is 5.39. The molecule has 3 rings (SSSR count). The summed E-state index contributed by atoms with van der Waals surface area (Å²) >= 11 is 12.2. The second-order valence-electron chi connectivity index (χ2n) is 5.81.